The first-order chi connectivity index (χ1) is 3.87. The van der Waals surface area contributed by atoms with Crippen molar-refractivity contribution in [3.05, 3.63) is 0 Å². The van der Waals surface area contributed by atoms with E-state index in [-0.39, 0.29) is 1.43 Å². The minimum Gasteiger partial charge on any atom is -0.311 e. The standard InChI is InChI=1S/C7H13N.H2/c1-2-7-5-6(7)3-4-8-7;/h6,8H,2-5H2,1H3;1H/t6?,7-;/m0./s1. The largest absolute Gasteiger partial charge is 0.311 e. The van der Waals surface area contributed by atoms with Crippen LogP contribution in [0.1, 0.15) is 27.6 Å². The van der Waals surface area contributed by atoms with Crippen molar-refractivity contribution in [1.82, 2.24) is 5.32 Å². The third kappa shape index (κ3) is 0.408. The second kappa shape index (κ2) is 1.27. The number of nitrogens with one attached hydrogen (secondary N) is 1. The highest BCUT2D eigenvalue weighted by Gasteiger charge is 2.55. The average molecular weight is 113 g/mol. The van der Waals surface area contributed by atoms with Crippen molar-refractivity contribution in [2.75, 3.05) is 6.54 Å². The zero-order valence-corrected chi connectivity index (χ0v) is 5.41. The lowest BCUT2D eigenvalue weighted by Crippen LogP contribution is -2.26. The maximum absolute atomic E-state index is 3.56. The lowest BCUT2D eigenvalue weighted by atomic mass is 10.2. The van der Waals surface area contributed by atoms with E-state index in [2.05, 4.69) is 12.2 Å². The van der Waals surface area contributed by atoms with Crippen molar-refractivity contribution in [1.29, 1.82) is 0 Å². The second-order valence-electron chi connectivity index (χ2n) is 3.13. The van der Waals surface area contributed by atoms with E-state index in [1.54, 1.807) is 0 Å². The Labute approximate surface area is 52.0 Å². The SMILES string of the molecule is CC[C@]12CC1CCN2.[HH]. The van der Waals surface area contributed by atoms with Gasteiger partial charge in [0.1, 0.15) is 0 Å². The molecule has 0 aromatic rings. The van der Waals surface area contributed by atoms with E-state index < -0.39 is 0 Å². The molecule has 2 atom stereocenters. The van der Waals surface area contributed by atoms with Crippen LogP contribution in [0.15, 0.2) is 0 Å². The molecular weight excluding hydrogens is 98.1 g/mol. The minimum absolute atomic E-state index is 0. The lowest BCUT2D eigenvalue weighted by Gasteiger charge is -2.07. The molecule has 1 unspecified atom stereocenters. The monoisotopic (exact) mass is 113 g/mol. The number of fused-ring (bicyclic) bond motifs is 1. The van der Waals surface area contributed by atoms with E-state index in [4.69, 9.17) is 0 Å². The molecule has 1 nitrogen and oxygen atoms in total. The summed E-state index contributed by atoms with van der Waals surface area (Å²) in [5.74, 6) is 1.06. The van der Waals surface area contributed by atoms with E-state index in [9.17, 15) is 0 Å². The summed E-state index contributed by atoms with van der Waals surface area (Å²) in [4.78, 5) is 0. The summed E-state index contributed by atoms with van der Waals surface area (Å²) in [5, 5.41) is 3.56. The van der Waals surface area contributed by atoms with Gasteiger partial charge in [-0.05, 0) is 31.7 Å². The van der Waals surface area contributed by atoms with E-state index in [0.717, 1.165) is 5.92 Å². The Hall–Kier alpha value is -0.0400. The topological polar surface area (TPSA) is 12.0 Å². The first-order valence-corrected chi connectivity index (χ1v) is 3.62. The molecule has 1 saturated carbocycles. The molecule has 1 saturated heterocycles. The number of hydrogen-bond acceptors (Lipinski definition) is 1. The molecule has 0 radical (unpaired) electrons. The molecule has 1 aliphatic heterocycles. The van der Waals surface area contributed by atoms with Crippen LogP contribution in [-0.2, 0) is 0 Å². The van der Waals surface area contributed by atoms with Crippen LogP contribution in [0, 0.1) is 5.92 Å². The smallest absolute Gasteiger partial charge is 0.0211 e. The van der Waals surface area contributed by atoms with E-state index >= 15 is 0 Å². The Kier molecular flexibility index (Phi) is 0.762. The normalized spacial score (nSPS) is 51.4. The van der Waals surface area contributed by atoms with Gasteiger partial charge in [-0.15, -0.1) is 0 Å². The van der Waals surface area contributed by atoms with Crippen molar-refractivity contribution in [2.45, 2.75) is 31.7 Å². The molecule has 0 bridgehead atoms. The van der Waals surface area contributed by atoms with Crippen LogP contribution < -0.4 is 5.32 Å². The maximum Gasteiger partial charge on any atom is 0.0211 e. The van der Waals surface area contributed by atoms with Gasteiger partial charge in [-0.25, -0.2) is 0 Å². The van der Waals surface area contributed by atoms with Gasteiger partial charge in [0.25, 0.3) is 0 Å². The van der Waals surface area contributed by atoms with Crippen LogP contribution in [0.5, 0.6) is 0 Å². The van der Waals surface area contributed by atoms with Crippen molar-refractivity contribution >= 4 is 0 Å². The van der Waals surface area contributed by atoms with Gasteiger partial charge in [-0.2, -0.15) is 0 Å². The molecule has 8 heavy (non-hydrogen) atoms. The zero-order chi connectivity index (χ0) is 5.61. The highest BCUT2D eigenvalue weighted by Crippen LogP contribution is 2.51. The second-order valence-corrected chi connectivity index (χ2v) is 3.13. The van der Waals surface area contributed by atoms with Crippen LogP contribution in [0.25, 0.3) is 0 Å². The van der Waals surface area contributed by atoms with E-state index in [1.807, 2.05) is 0 Å². The van der Waals surface area contributed by atoms with Gasteiger partial charge in [0, 0.05) is 6.97 Å². The molecule has 2 aliphatic rings. The summed E-state index contributed by atoms with van der Waals surface area (Å²) in [6.45, 7) is 3.57. The quantitative estimate of drug-likeness (QED) is 0.542. The Morgan fingerprint density at radius 1 is 1.88 bits per heavy atom. The fourth-order valence-electron chi connectivity index (χ4n) is 2.03. The first-order valence-electron chi connectivity index (χ1n) is 3.62. The van der Waals surface area contributed by atoms with Gasteiger partial charge >= 0.3 is 0 Å². The molecule has 1 heterocycles. The number of hydrogen-bond donors (Lipinski definition) is 1. The van der Waals surface area contributed by atoms with Gasteiger partial charge in [0.05, 0.1) is 0 Å². The van der Waals surface area contributed by atoms with Gasteiger partial charge in [0.15, 0.2) is 0 Å². The molecule has 1 N–H and O–H groups in total. The molecule has 1 heteroatoms. The van der Waals surface area contributed by atoms with Crippen molar-refractivity contribution < 1.29 is 1.43 Å². The van der Waals surface area contributed by atoms with Crippen molar-refractivity contribution in [3.63, 3.8) is 0 Å². The Morgan fingerprint density at radius 3 is 3.00 bits per heavy atom. The van der Waals surface area contributed by atoms with Gasteiger partial charge in [0.2, 0.25) is 0 Å². The predicted molar refractivity (Wildman–Crippen MR) is 35.9 cm³/mol. The van der Waals surface area contributed by atoms with E-state index in [1.165, 1.54) is 25.8 Å². The minimum atomic E-state index is 0. The molecule has 0 aromatic carbocycles. The average Bonchev–Trinajstić information content (AvgIpc) is 2.38. The molecule has 2 rings (SSSR count). The summed E-state index contributed by atoms with van der Waals surface area (Å²) < 4.78 is 0. The molecule has 0 aromatic heterocycles. The number of rotatable bonds is 1. The molecule has 0 amide bonds. The fraction of sp³-hybridized carbons (Fsp3) is 1.00. The Bertz CT molecular complexity index is 111. The van der Waals surface area contributed by atoms with Gasteiger partial charge < -0.3 is 5.32 Å². The highest BCUT2D eigenvalue weighted by molar-refractivity contribution is 5.13. The molecular formula is C7H15N. The van der Waals surface area contributed by atoms with Crippen molar-refractivity contribution in [3.8, 4) is 0 Å². The van der Waals surface area contributed by atoms with Crippen LogP contribution in [0.4, 0.5) is 0 Å². The summed E-state index contributed by atoms with van der Waals surface area (Å²) in [7, 11) is 0. The summed E-state index contributed by atoms with van der Waals surface area (Å²) >= 11 is 0. The highest BCUT2D eigenvalue weighted by atomic mass is 15.1. The van der Waals surface area contributed by atoms with Crippen LogP contribution >= 0.6 is 0 Å². The van der Waals surface area contributed by atoms with Crippen LogP contribution in [-0.4, -0.2) is 12.1 Å². The van der Waals surface area contributed by atoms with Gasteiger partial charge in [-0.3, -0.25) is 0 Å². The third-order valence-corrected chi connectivity index (χ3v) is 2.83. The summed E-state index contributed by atoms with van der Waals surface area (Å²) in [6, 6.07) is 0. The molecule has 48 valence electrons. The van der Waals surface area contributed by atoms with Crippen molar-refractivity contribution in [2.24, 2.45) is 5.92 Å². The molecule has 0 spiro atoms. The van der Waals surface area contributed by atoms with Crippen LogP contribution in [0.3, 0.4) is 0 Å². The van der Waals surface area contributed by atoms with Gasteiger partial charge in [-0.1, -0.05) is 6.92 Å². The summed E-state index contributed by atoms with van der Waals surface area (Å²) in [5.41, 5.74) is 0.653. The van der Waals surface area contributed by atoms with E-state index in [0.29, 0.717) is 5.54 Å². The maximum atomic E-state index is 3.56. The predicted octanol–water partition coefficient (Wildman–Crippen LogP) is 1.39. The Morgan fingerprint density at radius 2 is 2.75 bits per heavy atom. The molecule has 1 aliphatic carbocycles. The fourth-order valence-corrected chi connectivity index (χ4v) is 2.03. The zero-order valence-electron chi connectivity index (χ0n) is 5.41. The Balaban J connectivity index is 0.000000405. The summed E-state index contributed by atoms with van der Waals surface area (Å²) in [6.07, 6.45) is 4.25. The molecule has 2 fully saturated rings. The lowest BCUT2D eigenvalue weighted by molar-refractivity contribution is 0.531. The number of piperidine rings is 1. The van der Waals surface area contributed by atoms with Crippen LogP contribution in [0.2, 0.25) is 0 Å². The third-order valence-electron chi connectivity index (χ3n) is 2.83. The first kappa shape index (κ1) is 4.80.